The van der Waals surface area contributed by atoms with Gasteiger partial charge in [-0.3, -0.25) is 0 Å². The number of hydrogen-bond donors (Lipinski definition) is 1. The second kappa shape index (κ2) is 15.3. The third kappa shape index (κ3) is 15.3. The van der Waals surface area contributed by atoms with Crippen LogP contribution in [-0.2, 0) is 0 Å². The van der Waals surface area contributed by atoms with Gasteiger partial charge in [0.05, 0.1) is 6.26 Å². The lowest BCUT2D eigenvalue weighted by molar-refractivity contribution is 0.469. The number of aliphatic hydroxyl groups excluding tert-OH is 1. The van der Waals surface area contributed by atoms with Gasteiger partial charge in [-0.1, -0.05) is 57.3 Å². The highest BCUT2D eigenvalue weighted by atomic mass is 16.2. The summed E-state index contributed by atoms with van der Waals surface area (Å²) in [5, 5.41) is 8.45. The molecule has 1 N–H and O–H groups in total. The van der Waals surface area contributed by atoms with E-state index in [1.54, 1.807) is 0 Å². The van der Waals surface area contributed by atoms with Crippen LogP contribution in [0.1, 0.15) is 77.6 Å². The van der Waals surface area contributed by atoms with Gasteiger partial charge in [0.2, 0.25) is 0 Å². The maximum absolute atomic E-state index is 8.45. The smallest absolute Gasteiger partial charge is 0.0751 e. The molecule has 0 spiro atoms. The van der Waals surface area contributed by atoms with Crippen LogP contribution in [0.5, 0.6) is 0 Å². The first-order valence-corrected chi connectivity index (χ1v) is 7.36. The van der Waals surface area contributed by atoms with Gasteiger partial charge in [0, 0.05) is 0 Å². The number of allylic oxidation sites excluding steroid dienone is 3. The Bertz CT molecular complexity index is 182. The van der Waals surface area contributed by atoms with Crippen molar-refractivity contribution in [1.29, 1.82) is 0 Å². The molecule has 1 heteroatoms. The van der Waals surface area contributed by atoms with Crippen LogP contribution < -0.4 is 0 Å². The van der Waals surface area contributed by atoms with Crippen molar-refractivity contribution in [3.8, 4) is 0 Å². The molecule has 0 aliphatic heterocycles. The van der Waals surface area contributed by atoms with Crippen molar-refractivity contribution in [2.75, 3.05) is 0 Å². The minimum atomic E-state index is 1.02. The summed E-state index contributed by atoms with van der Waals surface area (Å²) in [5.41, 5.74) is 0. The molecular weight excluding hydrogens is 208 g/mol. The molecule has 0 amide bonds. The van der Waals surface area contributed by atoms with E-state index in [4.69, 9.17) is 5.11 Å². The SMILES string of the molecule is CCCCCCC=CCCCCCC/C=C\O. The van der Waals surface area contributed by atoms with Crippen LogP contribution >= 0.6 is 0 Å². The second-order valence-electron chi connectivity index (χ2n) is 4.70. The van der Waals surface area contributed by atoms with E-state index in [2.05, 4.69) is 19.1 Å². The Hall–Kier alpha value is -0.720. The Morgan fingerprint density at radius 2 is 1.12 bits per heavy atom. The van der Waals surface area contributed by atoms with Crippen LogP contribution in [-0.4, -0.2) is 5.11 Å². The van der Waals surface area contributed by atoms with E-state index in [0.29, 0.717) is 0 Å². The molecule has 17 heavy (non-hydrogen) atoms. The van der Waals surface area contributed by atoms with Crippen LogP contribution in [0.3, 0.4) is 0 Å². The summed E-state index contributed by atoms with van der Waals surface area (Å²) in [6.07, 6.45) is 21.8. The fourth-order valence-electron chi connectivity index (χ4n) is 1.88. The topological polar surface area (TPSA) is 20.2 Å². The average Bonchev–Trinajstić information content (AvgIpc) is 2.35. The molecule has 0 saturated heterocycles. The van der Waals surface area contributed by atoms with Crippen LogP contribution in [0.2, 0.25) is 0 Å². The predicted molar refractivity (Wildman–Crippen MR) is 77.4 cm³/mol. The summed E-state index contributed by atoms with van der Waals surface area (Å²) < 4.78 is 0. The third-order valence-electron chi connectivity index (χ3n) is 2.99. The van der Waals surface area contributed by atoms with Crippen molar-refractivity contribution in [2.24, 2.45) is 0 Å². The van der Waals surface area contributed by atoms with Gasteiger partial charge >= 0.3 is 0 Å². The highest BCUT2D eigenvalue weighted by molar-refractivity contribution is 4.81. The van der Waals surface area contributed by atoms with Crippen molar-refractivity contribution in [3.05, 3.63) is 24.5 Å². The quantitative estimate of drug-likeness (QED) is 0.254. The molecule has 0 bridgehead atoms. The number of rotatable bonds is 12. The van der Waals surface area contributed by atoms with Gasteiger partial charge in [-0.15, -0.1) is 0 Å². The van der Waals surface area contributed by atoms with Crippen LogP contribution in [0.25, 0.3) is 0 Å². The number of hydrogen-bond acceptors (Lipinski definition) is 1. The Kier molecular flexibility index (Phi) is 14.6. The maximum atomic E-state index is 8.45. The summed E-state index contributed by atoms with van der Waals surface area (Å²) in [4.78, 5) is 0. The monoisotopic (exact) mass is 238 g/mol. The molecule has 0 aromatic rings. The van der Waals surface area contributed by atoms with Crippen molar-refractivity contribution < 1.29 is 5.11 Å². The van der Waals surface area contributed by atoms with Gasteiger partial charge in [0.1, 0.15) is 0 Å². The highest BCUT2D eigenvalue weighted by Crippen LogP contribution is 2.07. The van der Waals surface area contributed by atoms with E-state index >= 15 is 0 Å². The first-order chi connectivity index (χ1) is 8.41. The summed E-state index contributed by atoms with van der Waals surface area (Å²) in [6, 6.07) is 0. The van der Waals surface area contributed by atoms with E-state index in [1.807, 2.05) is 6.08 Å². The fraction of sp³-hybridized carbons (Fsp3) is 0.750. The summed E-state index contributed by atoms with van der Waals surface area (Å²) in [5.74, 6) is 0. The van der Waals surface area contributed by atoms with E-state index in [9.17, 15) is 0 Å². The van der Waals surface area contributed by atoms with E-state index in [-0.39, 0.29) is 0 Å². The minimum absolute atomic E-state index is 1.02. The van der Waals surface area contributed by atoms with Gasteiger partial charge < -0.3 is 5.11 Å². The zero-order valence-corrected chi connectivity index (χ0v) is 11.5. The molecule has 0 aromatic carbocycles. The van der Waals surface area contributed by atoms with Gasteiger partial charge in [0.15, 0.2) is 0 Å². The Balaban J connectivity index is 3.03. The first kappa shape index (κ1) is 16.3. The number of aliphatic hydroxyl groups is 1. The zero-order chi connectivity index (χ0) is 12.6. The summed E-state index contributed by atoms with van der Waals surface area (Å²) in [6.45, 7) is 2.26. The van der Waals surface area contributed by atoms with Crippen LogP contribution in [0, 0.1) is 0 Å². The largest absolute Gasteiger partial charge is 0.516 e. The van der Waals surface area contributed by atoms with Gasteiger partial charge in [-0.25, -0.2) is 0 Å². The van der Waals surface area contributed by atoms with E-state index in [0.717, 1.165) is 12.7 Å². The lowest BCUT2D eigenvalue weighted by Crippen LogP contribution is -1.77. The molecule has 100 valence electrons. The average molecular weight is 238 g/mol. The standard InChI is InChI=1S/C16H30O/c1-2-3-4-5-6-7-8-9-10-11-12-13-14-15-16-17/h7-8,15-17H,2-6,9-14H2,1H3/b8-7?,16-15-. The molecule has 0 fully saturated rings. The fourth-order valence-corrected chi connectivity index (χ4v) is 1.88. The third-order valence-corrected chi connectivity index (χ3v) is 2.99. The molecular formula is C16H30O. The summed E-state index contributed by atoms with van der Waals surface area (Å²) >= 11 is 0. The Morgan fingerprint density at radius 3 is 1.59 bits per heavy atom. The number of unbranched alkanes of at least 4 members (excludes halogenated alkanes) is 9. The van der Waals surface area contributed by atoms with Crippen molar-refractivity contribution in [3.63, 3.8) is 0 Å². The Labute approximate surface area is 108 Å². The summed E-state index contributed by atoms with van der Waals surface area (Å²) in [7, 11) is 0. The van der Waals surface area contributed by atoms with Gasteiger partial charge in [-0.2, -0.15) is 0 Å². The maximum Gasteiger partial charge on any atom is 0.0751 e. The highest BCUT2D eigenvalue weighted by Gasteiger charge is 1.88. The molecule has 1 nitrogen and oxygen atoms in total. The minimum Gasteiger partial charge on any atom is -0.516 e. The molecule has 0 heterocycles. The molecule has 0 aliphatic rings. The van der Waals surface area contributed by atoms with Crippen LogP contribution in [0.15, 0.2) is 24.5 Å². The molecule has 0 unspecified atom stereocenters. The normalized spacial score (nSPS) is 11.8. The van der Waals surface area contributed by atoms with E-state index < -0.39 is 0 Å². The van der Waals surface area contributed by atoms with Crippen LogP contribution in [0.4, 0.5) is 0 Å². The molecule has 0 aromatic heterocycles. The molecule has 0 aliphatic carbocycles. The zero-order valence-electron chi connectivity index (χ0n) is 11.5. The van der Waals surface area contributed by atoms with Gasteiger partial charge in [-0.05, 0) is 38.5 Å². The van der Waals surface area contributed by atoms with Crippen molar-refractivity contribution in [1.82, 2.24) is 0 Å². The van der Waals surface area contributed by atoms with Crippen molar-refractivity contribution in [2.45, 2.75) is 77.6 Å². The first-order valence-electron chi connectivity index (χ1n) is 7.36. The van der Waals surface area contributed by atoms with E-state index in [1.165, 1.54) is 64.2 Å². The molecule has 0 saturated carbocycles. The molecule has 0 rings (SSSR count). The predicted octanol–water partition coefficient (Wildman–Crippen LogP) is 5.93. The van der Waals surface area contributed by atoms with Gasteiger partial charge in [0.25, 0.3) is 0 Å². The molecule has 0 atom stereocenters. The molecule has 0 radical (unpaired) electrons. The second-order valence-corrected chi connectivity index (χ2v) is 4.70. The lowest BCUT2D eigenvalue weighted by atomic mass is 10.1. The van der Waals surface area contributed by atoms with Crippen molar-refractivity contribution >= 4 is 0 Å². The Morgan fingerprint density at radius 1 is 0.647 bits per heavy atom. The lowest BCUT2D eigenvalue weighted by Gasteiger charge is -1.97.